The molecule has 0 aromatic rings. The molecule has 1 heterocycles. The number of nitrogens with one attached hydrogen (secondary N) is 1. The fraction of sp³-hybridized carbons (Fsp3) is 0.909. The number of nitrogens with two attached hydrogens (primary N) is 1. The van der Waals surface area contributed by atoms with Crippen molar-refractivity contribution in [3.8, 4) is 0 Å². The summed E-state index contributed by atoms with van der Waals surface area (Å²) in [4.78, 5) is 13.1. The molecule has 0 unspecified atom stereocenters. The predicted molar refractivity (Wildman–Crippen MR) is 62.0 cm³/mol. The Morgan fingerprint density at radius 1 is 1.39 bits per heavy atom. The van der Waals surface area contributed by atoms with Crippen LogP contribution in [0.5, 0.6) is 0 Å². The van der Waals surface area contributed by atoms with Gasteiger partial charge in [-0.25, -0.2) is 4.79 Å². The highest BCUT2D eigenvalue weighted by molar-refractivity contribution is 5.74. The minimum Gasteiger partial charge on any atom is -0.336 e. The van der Waals surface area contributed by atoms with E-state index >= 15 is 0 Å². The average Bonchev–Trinajstić information content (AvgIpc) is 2.26. The molecule has 1 rings (SSSR count). The molecular weight excluding hydrogens is 247 g/mol. The molecule has 0 aromatic carbocycles. The highest BCUT2D eigenvalue weighted by Crippen LogP contribution is 2.45. The van der Waals surface area contributed by atoms with E-state index in [0.717, 1.165) is 0 Å². The summed E-state index contributed by atoms with van der Waals surface area (Å²) in [6.07, 6.45) is -4.56. The molecule has 1 aliphatic rings. The summed E-state index contributed by atoms with van der Waals surface area (Å²) < 4.78 is 38.8. The van der Waals surface area contributed by atoms with Crippen molar-refractivity contribution in [2.24, 2.45) is 11.1 Å². The molecule has 4 nitrogen and oxygen atoms in total. The first-order valence-corrected chi connectivity index (χ1v) is 6.04. The summed E-state index contributed by atoms with van der Waals surface area (Å²) in [5.74, 6) is 0. The lowest BCUT2D eigenvalue weighted by atomic mass is 9.78. The van der Waals surface area contributed by atoms with Gasteiger partial charge in [-0.15, -0.1) is 0 Å². The van der Waals surface area contributed by atoms with E-state index in [1.807, 2.05) is 13.8 Å². The smallest absolute Gasteiger partial charge is 0.336 e. The van der Waals surface area contributed by atoms with E-state index in [1.165, 1.54) is 4.90 Å². The minimum atomic E-state index is -4.30. The lowest BCUT2D eigenvalue weighted by Gasteiger charge is -2.42. The Bertz CT molecular complexity index is 296. The number of likely N-dealkylation sites (tertiary alicyclic amines) is 1. The molecule has 3 N–H and O–H groups in total. The van der Waals surface area contributed by atoms with Crippen molar-refractivity contribution in [1.82, 2.24) is 10.2 Å². The number of amides is 2. The summed E-state index contributed by atoms with van der Waals surface area (Å²) in [5.41, 5.74) is 3.46. The molecule has 0 aliphatic carbocycles. The summed E-state index contributed by atoms with van der Waals surface area (Å²) in [5, 5.41) is 2.67. The lowest BCUT2D eigenvalue weighted by Crippen LogP contribution is -2.55. The molecule has 1 saturated heterocycles. The number of piperidine rings is 1. The number of alkyl halides is 3. The van der Waals surface area contributed by atoms with Crippen LogP contribution in [0.1, 0.15) is 26.7 Å². The van der Waals surface area contributed by atoms with Gasteiger partial charge < -0.3 is 16.0 Å². The van der Waals surface area contributed by atoms with Gasteiger partial charge in [0.1, 0.15) is 0 Å². The zero-order valence-corrected chi connectivity index (χ0v) is 10.7. The van der Waals surface area contributed by atoms with Crippen molar-refractivity contribution in [2.45, 2.75) is 38.9 Å². The summed E-state index contributed by atoms with van der Waals surface area (Å²) in [6.45, 7) is 3.38. The summed E-state index contributed by atoms with van der Waals surface area (Å²) in [7, 11) is 0. The molecule has 2 amide bonds. The Labute approximate surface area is 105 Å². The molecule has 7 heteroatoms. The highest BCUT2D eigenvalue weighted by atomic mass is 19.4. The van der Waals surface area contributed by atoms with Crippen LogP contribution in [0.15, 0.2) is 0 Å². The maximum Gasteiger partial charge on any atom is 0.395 e. The van der Waals surface area contributed by atoms with Gasteiger partial charge in [0, 0.05) is 25.7 Å². The zero-order valence-electron chi connectivity index (χ0n) is 10.7. The molecule has 0 bridgehead atoms. The van der Waals surface area contributed by atoms with Gasteiger partial charge in [-0.2, -0.15) is 13.2 Å². The molecular formula is C11H20F3N3O. The second kappa shape index (κ2) is 5.34. The Morgan fingerprint density at radius 3 is 2.22 bits per heavy atom. The Hall–Kier alpha value is -0.980. The van der Waals surface area contributed by atoms with E-state index in [9.17, 15) is 18.0 Å². The van der Waals surface area contributed by atoms with E-state index in [1.54, 1.807) is 0 Å². The van der Waals surface area contributed by atoms with Crippen LogP contribution in [-0.4, -0.2) is 42.8 Å². The Morgan fingerprint density at radius 2 is 1.89 bits per heavy atom. The molecule has 0 saturated carbocycles. The number of urea groups is 1. The summed E-state index contributed by atoms with van der Waals surface area (Å²) >= 11 is 0. The standard InChI is InChI=1S/C11H20F3N3O/c1-8(2)16-9(18)17-5-3-10(7-15,4-6-17)11(12,13)14/h8H,3-7,15H2,1-2H3,(H,16,18). The van der Waals surface area contributed by atoms with Gasteiger partial charge in [0.25, 0.3) is 0 Å². The second-order valence-corrected chi connectivity index (χ2v) is 5.07. The number of hydrogen-bond donors (Lipinski definition) is 2. The van der Waals surface area contributed by atoms with E-state index in [4.69, 9.17) is 5.73 Å². The first-order chi connectivity index (χ1) is 8.22. The molecule has 1 aliphatic heterocycles. The Balaban J connectivity index is 2.62. The molecule has 1 fully saturated rings. The third-order valence-corrected chi connectivity index (χ3v) is 3.41. The fourth-order valence-corrected chi connectivity index (χ4v) is 2.08. The van der Waals surface area contributed by atoms with Crippen LogP contribution >= 0.6 is 0 Å². The van der Waals surface area contributed by atoms with Crippen molar-refractivity contribution in [1.29, 1.82) is 0 Å². The van der Waals surface area contributed by atoms with Crippen molar-refractivity contribution in [3.05, 3.63) is 0 Å². The topological polar surface area (TPSA) is 58.4 Å². The van der Waals surface area contributed by atoms with E-state index in [-0.39, 0.29) is 38.0 Å². The Kier molecular flexibility index (Phi) is 4.47. The maximum absolute atomic E-state index is 12.9. The number of nitrogens with zero attached hydrogens (tertiary/aromatic N) is 1. The van der Waals surface area contributed by atoms with Gasteiger partial charge in [-0.3, -0.25) is 0 Å². The van der Waals surface area contributed by atoms with Gasteiger partial charge in [-0.1, -0.05) is 0 Å². The van der Waals surface area contributed by atoms with Gasteiger partial charge >= 0.3 is 12.2 Å². The number of halogens is 3. The maximum atomic E-state index is 12.9. The minimum absolute atomic E-state index is 0.0266. The SMILES string of the molecule is CC(C)NC(=O)N1CCC(CN)(C(F)(F)F)CC1. The predicted octanol–water partition coefficient (Wildman–Crippen LogP) is 1.71. The summed E-state index contributed by atoms with van der Waals surface area (Å²) in [6, 6.07) is -0.334. The first-order valence-electron chi connectivity index (χ1n) is 6.04. The van der Waals surface area contributed by atoms with Crippen LogP contribution in [0.25, 0.3) is 0 Å². The van der Waals surface area contributed by atoms with Crippen molar-refractivity contribution in [2.75, 3.05) is 19.6 Å². The van der Waals surface area contributed by atoms with E-state index < -0.39 is 18.1 Å². The van der Waals surface area contributed by atoms with E-state index in [2.05, 4.69) is 5.32 Å². The van der Waals surface area contributed by atoms with Crippen molar-refractivity contribution >= 4 is 6.03 Å². The third-order valence-electron chi connectivity index (χ3n) is 3.41. The third kappa shape index (κ3) is 3.07. The fourth-order valence-electron chi connectivity index (χ4n) is 2.08. The molecule has 0 aromatic heterocycles. The van der Waals surface area contributed by atoms with Crippen LogP contribution in [0, 0.1) is 5.41 Å². The average molecular weight is 267 g/mol. The largest absolute Gasteiger partial charge is 0.395 e. The van der Waals surface area contributed by atoms with Crippen LogP contribution in [0.4, 0.5) is 18.0 Å². The van der Waals surface area contributed by atoms with E-state index in [0.29, 0.717) is 0 Å². The number of hydrogen-bond acceptors (Lipinski definition) is 2. The van der Waals surface area contributed by atoms with Crippen LogP contribution in [0.2, 0.25) is 0 Å². The van der Waals surface area contributed by atoms with Crippen molar-refractivity contribution < 1.29 is 18.0 Å². The quantitative estimate of drug-likeness (QED) is 0.800. The van der Waals surface area contributed by atoms with Gasteiger partial charge in [0.15, 0.2) is 0 Å². The second-order valence-electron chi connectivity index (χ2n) is 5.07. The van der Waals surface area contributed by atoms with Crippen LogP contribution < -0.4 is 11.1 Å². The normalized spacial score (nSPS) is 20.1. The molecule has 106 valence electrons. The number of carbonyl (C=O) groups is 1. The molecule has 0 atom stereocenters. The van der Waals surface area contributed by atoms with Gasteiger partial charge in [0.2, 0.25) is 0 Å². The highest BCUT2D eigenvalue weighted by Gasteiger charge is 2.54. The van der Waals surface area contributed by atoms with Crippen LogP contribution in [0.3, 0.4) is 0 Å². The first kappa shape index (κ1) is 15.1. The number of rotatable bonds is 2. The van der Waals surface area contributed by atoms with Gasteiger partial charge in [-0.05, 0) is 26.7 Å². The van der Waals surface area contributed by atoms with Crippen molar-refractivity contribution in [3.63, 3.8) is 0 Å². The lowest BCUT2D eigenvalue weighted by molar-refractivity contribution is -0.232. The molecule has 0 spiro atoms. The monoisotopic (exact) mass is 267 g/mol. The number of carbonyl (C=O) groups excluding carboxylic acids is 1. The molecule has 0 radical (unpaired) electrons. The van der Waals surface area contributed by atoms with Crippen LogP contribution in [-0.2, 0) is 0 Å². The van der Waals surface area contributed by atoms with Gasteiger partial charge in [0.05, 0.1) is 5.41 Å². The molecule has 18 heavy (non-hydrogen) atoms. The zero-order chi connectivity index (χ0) is 14.0.